The predicted octanol–water partition coefficient (Wildman–Crippen LogP) is 3.73. The lowest BCUT2D eigenvalue weighted by molar-refractivity contribution is 0.0276. The molecule has 1 aromatic rings. The van der Waals surface area contributed by atoms with E-state index < -0.39 is 5.60 Å². The second-order valence-electron chi connectivity index (χ2n) is 6.03. The van der Waals surface area contributed by atoms with Crippen molar-refractivity contribution in [1.82, 2.24) is 0 Å². The SMILES string of the molecule is COc1ccc(C2(O)CCSCC2)cc1OC1CCCC1. The van der Waals surface area contributed by atoms with Crippen LogP contribution in [0.3, 0.4) is 0 Å². The zero-order chi connectivity index (χ0) is 14.7. The maximum Gasteiger partial charge on any atom is 0.161 e. The minimum atomic E-state index is -0.703. The lowest BCUT2D eigenvalue weighted by atomic mass is 9.88. The van der Waals surface area contributed by atoms with E-state index in [1.54, 1.807) is 7.11 Å². The first-order valence-corrected chi connectivity index (χ1v) is 9.02. The van der Waals surface area contributed by atoms with Crippen molar-refractivity contribution in [2.45, 2.75) is 50.2 Å². The number of benzene rings is 1. The number of ether oxygens (including phenoxy) is 2. The van der Waals surface area contributed by atoms with Gasteiger partial charge in [-0.3, -0.25) is 0 Å². The van der Waals surface area contributed by atoms with Gasteiger partial charge >= 0.3 is 0 Å². The van der Waals surface area contributed by atoms with Crippen LogP contribution < -0.4 is 9.47 Å². The van der Waals surface area contributed by atoms with Crippen molar-refractivity contribution in [2.24, 2.45) is 0 Å². The van der Waals surface area contributed by atoms with Gasteiger partial charge in [0.1, 0.15) is 0 Å². The Bertz CT molecular complexity index is 477. The predicted molar refractivity (Wildman–Crippen MR) is 86.3 cm³/mol. The molecule has 0 bridgehead atoms. The van der Waals surface area contributed by atoms with E-state index in [2.05, 4.69) is 0 Å². The topological polar surface area (TPSA) is 38.7 Å². The first-order chi connectivity index (χ1) is 10.2. The molecule has 0 radical (unpaired) electrons. The van der Waals surface area contributed by atoms with Gasteiger partial charge in [0.25, 0.3) is 0 Å². The van der Waals surface area contributed by atoms with Gasteiger partial charge in [0.15, 0.2) is 11.5 Å². The van der Waals surface area contributed by atoms with Crippen LogP contribution in [0.25, 0.3) is 0 Å². The molecule has 0 amide bonds. The molecule has 0 aromatic heterocycles. The van der Waals surface area contributed by atoms with Crippen molar-refractivity contribution in [3.8, 4) is 11.5 Å². The molecular weight excluding hydrogens is 284 g/mol. The molecule has 4 heteroatoms. The third kappa shape index (κ3) is 3.32. The first-order valence-electron chi connectivity index (χ1n) is 7.86. The van der Waals surface area contributed by atoms with Gasteiger partial charge < -0.3 is 14.6 Å². The van der Waals surface area contributed by atoms with Gasteiger partial charge in [-0.25, -0.2) is 0 Å². The van der Waals surface area contributed by atoms with Crippen LogP contribution in [-0.4, -0.2) is 29.8 Å². The summed E-state index contributed by atoms with van der Waals surface area (Å²) in [7, 11) is 1.67. The number of hydrogen-bond acceptors (Lipinski definition) is 4. The van der Waals surface area contributed by atoms with E-state index in [4.69, 9.17) is 9.47 Å². The van der Waals surface area contributed by atoms with Crippen molar-refractivity contribution in [3.63, 3.8) is 0 Å². The molecule has 0 spiro atoms. The molecule has 1 saturated heterocycles. The molecule has 1 aliphatic carbocycles. The van der Waals surface area contributed by atoms with Crippen LogP contribution >= 0.6 is 11.8 Å². The zero-order valence-corrected chi connectivity index (χ0v) is 13.5. The van der Waals surface area contributed by atoms with Gasteiger partial charge in [0, 0.05) is 0 Å². The molecule has 2 aliphatic rings. The maximum atomic E-state index is 10.9. The van der Waals surface area contributed by atoms with E-state index in [1.807, 2.05) is 30.0 Å². The molecule has 3 nitrogen and oxygen atoms in total. The Morgan fingerprint density at radius 2 is 1.86 bits per heavy atom. The molecule has 21 heavy (non-hydrogen) atoms. The summed E-state index contributed by atoms with van der Waals surface area (Å²) in [4.78, 5) is 0. The summed E-state index contributed by atoms with van der Waals surface area (Å²) in [5.74, 6) is 3.58. The fraction of sp³-hybridized carbons (Fsp3) is 0.647. The standard InChI is InChI=1S/C17H24O3S/c1-19-15-7-6-13(17(18)8-10-21-11-9-17)12-16(15)20-14-4-2-3-5-14/h6-7,12,14,18H,2-5,8-11H2,1H3. The highest BCUT2D eigenvalue weighted by atomic mass is 32.2. The summed E-state index contributed by atoms with van der Waals surface area (Å²) in [6.45, 7) is 0. The van der Waals surface area contributed by atoms with Crippen molar-refractivity contribution in [3.05, 3.63) is 23.8 Å². The summed E-state index contributed by atoms with van der Waals surface area (Å²) in [5.41, 5.74) is 0.266. The van der Waals surface area contributed by atoms with Crippen molar-refractivity contribution in [1.29, 1.82) is 0 Å². The Morgan fingerprint density at radius 3 is 2.52 bits per heavy atom. The minimum absolute atomic E-state index is 0.297. The van der Waals surface area contributed by atoms with Crippen LogP contribution in [0.15, 0.2) is 18.2 Å². The van der Waals surface area contributed by atoms with Crippen molar-refractivity contribution >= 4 is 11.8 Å². The quantitative estimate of drug-likeness (QED) is 0.920. The van der Waals surface area contributed by atoms with Gasteiger partial charge in [-0.1, -0.05) is 6.07 Å². The second-order valence-corrected chi connectivity index (χ2v) is 7.26. The Hall–Kier alpha value is -0.870. The average molecular weight is 308 g/mol. The molecule has 0 unspecified atom stereocenters. The molecule has 2 fully saturated rings. The highest BCUT2D eigenvalue weighted by Crippen LogP contribution is 2.40. The highest BCUT2D eigenvalue weighted by Gasteiger charge is 2.32. The fourth-order valence-corrected chi connectivity index (χ4v) is 4.41. The Balaban J connectivity index is 1.84. The summed E-state index contributed by atoms with van der Waals surface area (Å²) in [5, 5.41) is 10.9. The average Bonchev–Trinajstić information content (AvgIpc) is 3.01. The summed E-state index contributed by atoms with van der Waals surface area (Å²) >= 11 is 1.91. The molecule has 1 saturated carbocycles. The fourth-order valence-electron chi connectivity index (χ4n) is 3.24. The van der Waals surface area contributed by atoms with Crippen LogP contribution in [0.1, 0.15) is 44.1 Å². The smallest absolute Gasteiger partial charge is 0.161 e. The van der Waals surface area contributed by atoms with Crippen molar-refractivity contribution in [2.75, 3.05) is 18.6 Å². The number of thioether (sulfide) groups is 1. The van der Waals surface area contributed by atoms with Crippen LogP contribution in [0.4, 0.5) is 0 Å². The third-order valence-corrected chi connectivity index (χ3v) is 5.60. The summed E-state index contributed by atoms with van der Waals surface area (Å²) in [6.07, 6.45) is 6.65. The van der Waals surface area contributed by atoms with Gasteiger partial charge in [-0.15, -0.1) is 0 Å². The Morgan fingerprint density at radius 1 is 1.14 bits per heavy atom. The molecule has 1 aliphatic heterocycles. The van der Waals surface area contributed by atoms with Crippen LogP contribution in [0, 0.1) is 0 Å². The van der Waals surface area contributed by atoms with E-state index in [9.17, 15) is 5.11 Å². The Labute approximate surface area is 131 Å². The second kappa shape index (κ2) is 6.49. The molecule has 3 rings (SSSR count). The largest absolute Gasteiger partial charge is 0.493 e. The lowest BCUT2D eigenvalue weighted by Gasteiger charge is -2.32. The first kappa shape index (κ1) is 15.0. The molecule has 1 aromatic carbocycles. The van der Waals surface area contributed by atoms with E-state index >= 15 is 0 Å². The van der Waals surface area contributed by atoms with Crippen molar-refractivity contribution < 1.29 is 14.6 Å². The molecule has 1 N–H and O–H groups in total. The van der Waals surface area contributed by atoms with E-state index in [1.165, 1.54) is 12.8 Å². The van der Waals surface area contributed by atoms with E-state index in [0.29, 0.717) is 6.10 Å². The zero-order valence-electron chi connectivity index (χ0n) is 12.6. The number of hydrogen-bond donors (Lipinski definition) is 1. The van der Waals surface area contributed by atoms with Gasteiger partial charge in [0.05, 0.1) is 18.8 Å². The van der Waals surface area contributed by atoms with Crippen LogP contribution in [0.2, 0.25) is 0 Å². The van der Waals surface area contributed by atoms with Gasteiger partial charge in [-0.2, -0.15) is 11.8 Å². The van der Waals surface area contributed by atoms with E-state index in [-0.39, 0.29) is 0 Å². The molecule has 0 atom stereocenters. The molecule has 1 heterocycles. The number of methoxy groups -OCH3 is 1. The van der Waals surface area contributed by atoms with Crippen LogP contribution in [-0.2, 0) is 5.60 Å². The molecular formula is C17H24O3S. The highest BCUT2D eigenvalue weighted by molar-refractivity contribution is 7.99. The minimum Gasteiger partial charge on any atom is -0.493 e. The van der Waals surface area contributed by atoms with E-state index in [0.717, 1.165) is 54.3 Å². The maximum absolute atomic E-state index is 10.9. The molecule has 116 valence electrons. The van der Waals surface area contributed by atoms with Gasteiger partial charge in [-0.05, 0) is 67.7 Å². The van der Waals surface area contributed by atoms with Gasteiger partial charge in [0.2, 0.25) is 0 Å². The van der Waals surface area contributed by atoms with Crippen LogP contribution in [0.5, 0.6) is 11.5 Å². The number of rotatable bonds is 4. The Kier molecular flexibility index (Phi) is 4.65. The third-order valence-electron chi connectivity index (χ3n) is 4.62. The summed E-state index contributed by atoms with van der Waals surface area (Å²) in [6, 6.07) is 5.91. The monoisotopic (exact) mass is 308 g/mol. The summed E-state index contributed by atoms with van der Waals surface area (Å²) < 4.78 is 11.6. The lowest BCUT2D eigenvalue weighted by Crippen LogP contribution is -2.30. The normalized spacial score (nSPS) is 22.2. The number of aliphatic hydroxyl groups is 1.